The summed E-state index contributed by atoms with van der Waals surface area (Å²) >= 11 is 0. The van der Waals surface area contributed by atoms with Crippen molar-refractivity contribution in [2.45, 2.75) is 51.4 Å². The van der Waals surface area contributed by atoms with E-state index in [0.717, 1.165) is 37.5 Å². The molecule has 2 saturated heterocycles. The minimum atomic E-state index is 0.756. The van der Waals surface area contributed by atoms with E-state index >= 15 is 0 Å². The number of nitrogens with zero attached hydrogens (tertiary/aromatic N) is 2. The molecule has 0 amide bonds. The van der Waals surface area contributed by atoms with Crippen LogP contribution in [-0.4, -0.2) is 48.6 Å². The highest BCUT2D eigenvalue weighted by atomic mass is 16.3. The first-order valence-corrected chi connectivity index (χ1v) is 7.98. The Labute approximate surface area is 122 Å². The summed E-state index contributed by atoms with van der Waals surface area (Å²) in [5, 5.41) is 3.35. The molecule has 4 nitrogen and oxygen atoms in total. The molecular weight excluding hydrogens is 250 g/mol. The van der Waals surface area contributed by atoms with E-state index in [1.165, 1.54) is 37.9 Å². The van der Waals surface area contributed by atoms with Gasteiger partial charge in [-0.3, -0.25) is 9.80 Å². The van der Waals surface area contributed by atoms with Crippen LogP contribution in [0.25, 0.3) is 0 Å². The van der Waals surface area contributed by atoms with Gasteiger partial charge in [-0.05, 0) is 38.9 Å². The lowest BCUT2D eigenvalue weighted by molar-refractivity contribution is 0.213. The van der Waals surface area contributed by atoms with E-state index in [4.69, 9.17) is 4.42 Å². The van der Waals surface area contributed by atoms with Crippen molar-refractivity contribution in [3.05, 3.63) is 23.7 Å². The highest BCUT2D eigenvalue weighted by Crippen LogP contribution is 2.29. The number of likely N-dealkylation sites (N-methyl/N-ethyl adjacent to an activating group) is 1. The Balaban J connectivity index is 1.62. The molecule has 1 aromatic rings. The van der Waals surface area contributed by atoms with Gasteiger partial charge >= 0.3 is 0 Å². The molecule has 112 valence electrons. The number of furan rings is 1. The van der Waals surface area contributed by atoms with E-state index in [1.54, 1.807) is 0 Å². The molecule has 20 heavy (non-hydrogen) atoms. The van der Waals surface area contributed by atoms with E-state index in [0.29, 0.717) is 0 Å². The number of hydrogen-bond acceptors (Lipinski definition) is 4. The second-order valence-electron chi connectivity index (χ2n) is 6.22. The molecule has 2 unspecified atom stereocenters. The molecule has 2 atom stereocenters. The van der Waals surface area contributed by atoms with Gasteiger partial charge in [0.2, 0.25) is 0 Å². The lowest BCUT2D eigenvalue weighted by Crippen LogP contribution is -2.36. The second-order valence-corrected chi connectivity index (χ2v) is 6.22. The fourth-order valence-corrected chi connectivity index (χ4v) is 3.67. The third kappa shape index (κ3) is 2.92. The van der Waals surface area contributed by atoms with Crippen LogP contribution < -0.4 is 5.32 Å². The van der Waals surface area contributed by atoms with E-state index in [1.807, 2.05) is 6.26 Å². The van der Waals surface area contributed by atoms with Gasteiger partial charge in [0.25, 0.3) is 0 Å². The lowest BCUT2D eigenvalue weighted by atomic mass is 10.1. The Kier molecular flexibility index (Phi) is 4.44. The Morgan fingerprint density at radius 3 is 3.00 bits per heavy atom. The molecule has 2 aliphatic rings. The van der Waals surface area contributed by atoms with Gasteiger partial charge in [0.05, 0.1) is 12.8 Å². The Hall–Kier alpha value is -0.840. The first-order valence-electron chi connectivity index (χ1n) is 7.98. The standard InChI is InChI=1S/C16H27N3O/c1-3-17-10-16-13(7-9-20-16)11-19-8-6-14-4-5-15(12-19)18(14)2/h7,9,14-15,17H,3-6,8,10-12H2,1-2H3. The van der Waals surface area contributed by atoms with Crippen LogP contribution in [0.3, 0.4) is 0 Å². The highest BCUT2D eigenvalue weighted by molar-refractivity contribution is 5.17. The molecule has 2 fully saturated rings. The van der Waals surface area contributed by atoms with Crippen LogP contribution in [0, 0.1) is 0 Å². The van der Waals surface area contributed by atoms with Crippen LogP contribution >= 0.6 is 0 Å². The maximum atomic E-state index is 5.62. The number of likely N-dealkylation sites (tertiary alicyclic amines) is 1. The molecule has 4 heteroatoms. The maximum absolute atomic E-state index is 5.62. The van der Waals surface area contributed by atoms with Gasteiger partial charge in [-0.25, -0.2) is 0 Å². The van der Waals surface area contributed by atoms with Crippen molar-refractivity contribution in [1.82, 2.24) is 15.1 Å². The second kappa shape index (κ2) is 6.29. The third-order valence-corrected chi connectivity index (χ3v) is 5.00. The number of hydrogen-bond donors (Lipinski definition) is 1. The summed E-state index contributed by atoms with van der Waals surface area (Å²) < 4.78 is 5.62. The number of fused-ring (bicyclic) bond motifs is 2. The van der Waals surface area contributed by atoms with Gasteiger partial charge in [0.15, 0.2) is 0 Å². The van der Waals surface area contributed by atoms with E-state index in [-0.39, 0.29) is 0 Å². The zero-order valence-corrected chi connectivity index (χ0v) is 12.8. The average molecular weight is 277 g/mol. The molecule has 3 heterocycles. The Morgan fingerprint density at radius 2 is 2.15 bits per heavy atom. The smallest absolute Gasteiger partial charge is 0.122 e. The molecule has 0 saturated carbocycles. The molecule has 0 spiro atoms. The Morgan fingerprint density at radius 1 is 1.30 bits per heavy atom. The van der Waals surface area contributed by atoms with Crippen molar-refractivity contribution in [2.24, 2.45) is 0 Å². The van der Waals surface area contributed by atoms with Crippen molar-refractivity contribution >= 4 is 0 Å². The van der Waals surface area contributed by atoms with Crippen LogP contribution in [0.5, 0.6) is 0 Å². The summed E-state index contributed by atoms with van der Waals surface area (Å²) in [6, 6.07) is 3.71. The molecule has 2 bridgehead atoms. The van der Waals surface area contributed by atoms with Crippen molar-refractivity contribution in [3.63, 3.8) is 0 Å². The van der Waals surface area contributed by atoms with Crippen LogP contribution in [0.2, 0.25) is 0 Å². The topological polar surface area (TPSA) is 31.7 Å². The van der Waals surface area contributed by atoms with Crippen molar-refractivity contribution in [3.8, 4) is 0 Å². The van der Waals surface area contributed by atoms with Gasteiger partial charge in [0, 0.05) is 37.3 Å². The maximum Gasteiger partial charge on any atom is 0.122 e. The summed E-state index contributed by atoms with van der Waals surface area (Å²) in [5.74, 6) is 1.11. The van der Waals surface area contributed by atoms with Gasteiger partial charge in [-0.2, -0.15) is 0 Å². The SMILES string of the molecule is CCNCc1occc1CN1CCC2CCC(C1)N2C. The predicted octanol–water partition coefficient (Wildman–Crippen LogP) is 2.06. The fraction of sp³-hybridized carbons (Fsp3) is 0.750. The summed E-state index contributed by atoms with van der Waals surface area (Å²) in [6.45, 7) is 7.42. The molecule has 1 aromatic heterocycles. The molecule has 2 aliphatic heterocycles. The number of rotatable bonds is 5. The van der Waals surface area contributed by atoms with E-state index < -0.39 is 0 Å². The predicted molar refractivity (Wildman–Crippen MR) is 80.6 cm³/mol. The average Bonchev–Trinajstić information content (AvgIpc) is 2.96. The van der Waals surface area contributed by atoms with Gasteiger partial charge in [-0.1, -0.05) is 6.92 Å². The van der Waals surface area contributed by atoms with Crippen LogP contribution in [0.1, 0.15) is 37.5 Å². The zero-order valence-electron chi connectivity index (χ0n) is 12.8. The van der Waals surface area contributed by atoms with Crippen molar-refractivity contribution < 1.29 is 4.42 Å². The quantitative estimate of drug-likeness (QED) is 0.893. The normalized spacial score (nSPS) is 27.9. The summed E-state index contributed by atoms with van der Waals surface area (Å²) in [7, 11) is 2.31. The highest BCUT2D eigenvalue weighted by Gasteiger charge is 2.34. The van der Waals surface area contributed by atoms with Gasteiger partial charge in [0.1, 0.15) is 5.76 Å². The van der Waals surface area contributed by atoms with Crippen molar-refractivity contribution in [2.75, 3.05) is 26.7 Å². The minimum Gasteiger partial charge on any atom is -0.468 e. The largest absolute Gasteiger partial charge is 0.468 e. The monoisotopic (exact) mass is 277 g/mol. The van der Waals surface area contributed by atoms with Crippen LogP contribution in [0.15, 0.2) is 16.7 Å². The molecule has 3 rings (SSSR count). The summed E-state index contributed by atoms with van der Waals surface area (Å²) in [5.41, 5.74) is 1.35. The van der Waals surface area contributed by atoms with Gasteiger partial charge < -0.3 is 9.73 Å². The zero-order chi connectivity index (χ0) is 13.9. The molecule has 0 radical (unpaired) electrons. The fourth-order valence-electron chi connectivity index (χ4n) is 3.67. The Bertz CT molecular complexity index is 431. The van der Waals surface area contributed by atoms with E-state index in [9.17, 15) is 0 Å². The molecule has 0 aromatic carbocycles. The summed E-state index contributed by atoms with van der Waals surface area (Å²) in [6.07, 6.45) is 5.91. The molecule has 0 aliphatic carbocycles. The van der Waals surface area contributed by atoms with Crippen molar-refractivity contribution in [1.29, 1.82) is 0 Å². The lowest BCUT2D eigenvalue weighted by Gasteiger charge is -2.25. The number of nitrogens with one attached hydrogen (secondary N) is 1. The van der Waals surface area contributed by atoms with Gasteiger partial charge in [-0.15, -0.1) is 0 Å². The van der Waals surface area contributed by atoms with E-state index in [2.05, 4.69) is 35.2 Å². The molecular formula is C16H27N3O. The third-order valence-electron chi connectivity index (χ3n) is 5.00. The first kappa shape index (κ1) is 14.1. The van der Waals surface area contributed by atoms with Crippen LogP contribution in [-0.2, 0) is 13.1 Å². The first-order chi connectivity index (χ1) is 9.78. The van der Waals surface area contributed by atoms with Crippen LogP contribution in [0.4, 0.5) is 0 Å². The summed E-state index contributed by atoms with van der Waals surface area (Å²) in [4.78, 5) is 5.22. The minimum absolute atomic E-state index is 0.756. The molecule has 1 N–H and O–H groups in total.